The maximum absolute atomic E-state index is 12.0. The highest BCUT2D eigenvalue weighted by molar-refractivity contribution is 5.92. The molecule has 0 radical (unpaired) electrons. The number of likely N-dealkylation sites (tertiary alicyclic amines) is 1. The van der Waals surface area contributed by atoms with E-state index in [-0.39, 0.29) is 5.91 Å². The Kier molecular flexibility index (Phi) is 2.44. The molecule has 1 aliphatic heterocycles. The lowest BCUT2D eigenvalue weighted by Crippen LogP contribution is -2.27. The topological polar surface area (TPSA) is 62.1 Å². The number of hydrogen-bond donors (Lipinski definition) is 1. The van der Waals surface area contributed by atoms with Crippen molar-refractivity contribution in [2.75, 3.05) is 13.1 Å². The molecule has 17 heavy (non-hydrogen) atoms. The van der Waals surface area contributed by atoms with Gasteiger partial charge in [0.1, 0.15) is 5.76 Å². The van der Waals surface area contributed by atoms with Gasteiger partial charge in [-0.15, -0.1) is 0 Å². The zero-order valence-corrected chi connectivity index (χ0v) is 9.35. The molecule has 1 fully saturated rings. The zero-order chi connectivity index (χ0) is 11.7. The number of aromatic amines is 1. The number of hydrogen-bond acceptors (Lipinski definition) is 3. The fourth-order valence-electron chi connectivity index (χ4n) is 2.07. The van der Waals surface area contributed by atoms with Gasteiger partial charge in [-0.25, -0.2) is 0 Å². The number of nitrogens with zero attached hydrogens (tertiary/aromatic N) is 2. The molecule has 0 unspecified atom stereocenters. The van der Waals surface area contributed by atoms with Gasteiger partial charge in [0.2, 0.25) is 0 Å². The lowest BCUT2D eigenvalue weighted by Gasteiger charge is -2.12. The summed E-state index contributed by atoms with van der Waals surface area (Å²) < 4.78 is 5.55. The van der Waals surface area contributed by atoms with Gasteiger partial charge in [-0.1, -0.05) is 0 Å². The van der Waals surface area contributed by atoms with Crippen molar-refractivity contribution in [3.05, 3.63) is 30.3 Å². The van der Waals surface area contributed by atoms with Gasteiger partial charge < -0.3 is 9.32 Å². The predicted molar refractivity (Wildman–Crippen MR) is 61.4 cm³/mol. The minimum Gasteiger partial charge on any atom is -0.451 e. The molecule has 1 saturated heterocycles. The van der Waals surface area contributed by atoms with Crippen LogP contribution in [0.25, 0.3) is 11.3 Å². The molecule has 1 aliphatic rings. The number of carbonyl (C=O) groups is 1. The Labute approximate surface area is 98.4 Å². The largest absolute Gasteiger partial charge is 0.451 e. The second-order valence-corrected chi connectivity index (χ2v) is 4.15. The summed E-state index contributed by atoms with van der Waals surface area (Å²) in [5.41, 5.74) is 0.852. The van der Waals surface area contributed by atoms with E-state index in [2.05, 4.69) is 10.2 Å². The van der Waals surface area contributed by atoms with Crippen molar-refractivity contribution in [1.82, 2.24) is 15.1 Å². The van der Waals surface area contributed by atoms with Crippen LogP contribution >= 0.6 is 0 Å². The maximum Gasteiger partial charge on any atom is 0.289 e. The number of carbonyl (C=O) groups excluding carboxylic acids is 1. The van der Waals surface area contributed by atoms with E-state index in [1.54, 1.807) is 24.5 Å². The van der Waals surface area contributed by atoms with Gasteiger partial charge in [0, 0.05) is 19.3 Å². The second kappa shape index (κ2) is 4.08. The Hall–Kier alpha value is -2.04. The molecule has 3 heterocycles. The normalized spacial score (nSPS) is 15.4. The van der Waals surface area contributed by atoms with E-state index >= 15 is 0 Å². The van der Waals surface area contributed by atoms with Crippen LogP contribution in [0.4, 0.5) is 0 Å². The highest BCUT2D eigenvalue weighted by Crippen LogP contribution is 2.22. The Morgan fingerprint density at radius 3 is 2.88 bits per heavy atom. The fourth-order valence-corrected chi connectivity index (χ4v) is 2.07. The first-order chi connectivity index (χ1) is 8.34. The lowest BCUT2D eigenvalue weighted by molar-refractivity contribution is 0.0762. The third-order valence-electron chi connectivity index (χ3n) is 2.99. The molecule has 1 N–H and O–H groups in total. The molecule has 3 rings (SSSR count). The highest BCUT2D eigenvalue weighted by Gasteiger charge is 2.22. The van der Waals surface area contributed by atoms with Crippen LogP contribution in [0.15, 0.2) is 28.9 Å². The first kappa shape index (κ1) is 10.1. The molecule has 2 aromatic rings. The van der Waals surface area contributed by atoms with Gasteiger partial charge >= 0.3 is 0 Å². The summed E-state index contributed by atoms with van der Waals surface area (Å²) in [4.78, 5) is 13.9. The molecule has 0 aromatic carbocycles. The van der Waals surface area contributed by atoms with Gasteiger partial charge in [-0.2, -0.15) is 5.10 Å². The van der Waals surface area contributed by atoms with Crippen molar-refractivity contribution in [3.63, 3.8) is 0 Å². The first-order valence-corrected chi connectivity index (χ1v) is 5.73. The maximum atomic E-state index is 12.0. The van der Waals surface area contributed by atoms with Crippen molar-refractivity contribution >= 4 is 5.91 Å². The van der Waals surface area contributed by atoms with E-state index in [4.69, 9.17) is 4.42 Å². The fraction of sp³-hybridized carbons (Fsp3) is 0.333. The van der Waals surface area contributed by atoms with Gasteiger partial charge in [-0.05, 0) is 25.0 Å². The number of H-pyrrole nitrogens is 1. The predicted octanol–water partition coefficient (Wildman–Crippen LogP) is 1.91. The molecule has 0 bridgehead atoms. The molecule has 2 aromatic heterocycles. The summed E-state index contributed by atoms with van der Waals surface area (Å²) in [5.74, 6) is 1.06. The third-order valence-corrected chi connectivity index (χ3v) is 2.99. The summed E-state index contributed by atoms with van der Waals surface area (Å²) >= 11 is 0. The number of rotatable bonds is 2. The summed E-state index contributed by atoms with van der Waals surface area (Å²) in [6.07, 6.45) is 5.58. The Balaban J connectivity index is 1.82. The van der Waals surface area contributed by atoms with Crippen molar-refractivity contribution in [3.8, 4) is 11.3 Å². The second-order valence-electron chi connectivity index (χ2n) is 4.15. The van der Waals surface area contributed by atoms with Gasteiger partial charge in [0.25, 0.3) is 5.91 Å². The van der Waals surface area contributed by atoms with Crippen LogP contribution in [-0.2, 0) is 0 Å². The summed E-state index contributed by atoms with van der Waals surface area (Å²) in [6.45, 7) is 1.67. The van der Waals surface area contributed by atoms with Crippen LogP contribution in [0.2, 0.25) is 0 Å². The average molecular weight is 231 g/mol. The standard InChI is InChI=1S/C12H13N3O2/c16-12(15-5-1-2-6-15)11-4-3-10(17-11)9-7-13-14-8-9/h3-4,7-8H,1-2,5-6H2,(H,13,14). The number of nitrogens with one attached hydrogen (secondary N) is 1. The van der Waals surface area contributed by atoms with E-state index < -0.39 is 0 Å². The molecule has 1 amide bonds. The average Bonchev–Trinajstić information content (AvgIpc) is 3.09. The molecule has 0 aliphatic carbocycles. The number of amides is 1. The van der Waals surface area contributed by atoms with E-state index in [1.807, 2.05) is 4.90 Å². The first-order valence-electron chi connectivity index (χ1n) is 5.73. The van der Waals surface area contributed by atoms with Gasteiger partial charge in [0.05, 0.1) is 11.8 Å². The van der Waals surface area contributed by atoms with E-state index in [9.17, 15) is 4.79 Å². The summed E-state index contributed by atoms with van der Waals surface area (Å²) in [6, 6.07) is 3.52. The monoisotopic (exact) mass is 231 g/mol. The molecule has 0 saturated carbocycles. The van der Waals surface area contributed by atoms with Gasteiger partial charge in [-0.3, -0.25) is 9.89 Å². The van der Waals surface area contributed by atoms with Crippen LogP contribution in [0.1, 0.15) is 23.4 Å². The minimum atomic E-state index is -0.0164. The van der Waals surface area contributed by atoms with E-state index in [0.29, 0.717) is 11.5 Å². The highest BCUT2D eigenvalue weighted by atomic mass is 16.4. The van der Waals surface area contributed by atoms with Crippen LogP contribution in [0, 0.1) is 0 Å². The van der Waals surface area contributed by atoms with Gasteiger partial charge in [0.15, 0.2) is 5.76 Å². The third kappa shape index (κ3) is 1.84. The molecular formula is C12H13N3O2. The smallest absolute Gasteiger partial charge is 0.289 e. The van der Waals surface area contributed by atoms with Crippen LogP contribution in [0.5, 0.6) is 0 Å². The summed E-state index contributed by atoms with van der Waals surface area (Å²) in [7, 11) is 0. The van der Waals surface area contributed by atoms with Crippen molar-refractivity contribution in [2.45, 2.75) is 12.8 Å². The Morgan fingerprint density at radius 2 is 2.18 bits per heavy atom. The molecule has 88 valence electrons. The lowest BCUT2D eigenvalue weighted by atomic mass is 10.3. The van der Waals surface area contributed by atoms with E-state index in [1.165, 1.54) is 0 Å². The number of furan rings is 1. The Bertz CT molecular complexity index is 510. The molecule has 5 nitrogen and oxygen atoms in total. The number of aromatic nitrogens is 2. The SMILES string of the molecule is O=C(c1ccc(-c2cn[nH]c2)o1)N1CCCC1. The van der Waals surface area contributed by atoms with Crippen LogP contribution in [0.3, 0.4) is 0 Å². The molecule has 0 spiro atoms. The van der Waals surface area contributed by atoms with Crippen molar-refractivity contribution in [1.29, 1.82) is 0 Å². The van der Waals surface area contributed by atoms with Crippen molar-refractivity contribution < 1.29 is 9.21 Å². The molecule has 0 atom stereocenters. The quantitative estimate of drug-likeness (QED) is 0.858. The summed E-state index contributed by atoms with van der Waals surface area (Å²) in [5, 5.41) is 6.57. The molecular weight excluding hydrogens is 218 g/mol. The minimum absolute atomic E-state index is 0.0164. The molecule has 5 heteroatoms. The van der Waals surface area contributed by atoms with E-state index in [0.717, 1.165) is 31.5 Å². The van der Waals surface area contributed by atoms with Crippen LogP contribution in [-0.4, -0.2) is 34.1 Å². The Morgan fingerprint density at radius 1 is 1.35 bits per heavy atom. The zero-order valence-electron chi connectivity index (χ0n) is 9.35. The van der Waals surface area contributed by atoms with Crippen molar-refractivity contribution in [2.24, 2.45) is 0 Å². The van der Waals surface area contributed by atoms with Crippen LogP contribution < -0.4 is 0 Å².